The molecule has 6 nitrogen and oxygen atoms in total. The van der Waals surface area contributed by atoms with E-state index in [1.165, 1.54) is 19.2 Å². The van der Waals surface area contributed by atoms with E-state index in [1.807, 2.05) is 24.3 Å². The van der Waals surface area contributed by atoms with Gasteiger partial charge < -0.3 is 15.0 Å². The molecule has 34 heavy (non-hydrogen) atoms. The molecular weight excluding hydrogens is 453 g/mol. The Bertz CT molecular complexity index is 1220. The van der Waals surface area contributed by atoms with E-state index in [0.29, 0.717) is 16.9 Å². The van der Waals surface area contributed by atoms with Gasteiger partial charge >= 0.3 is 0 Å². The smallest absolute Gasteiger partial charge is 0.181 e. The molecule has 1 fully saturated rings. The maximum atomic E-state index is 13.6. The monoisotopic (exact) mass is 483 g/mol. The quantitative estimate of drug-likeness (QED) is 0.520. The molecule has 1 aromatic heterocycles. The van der Waals surface area contributed by atoms with Gasteiger partial charge in [0.05, 0.1) is 12.9 Å². The molecule has 0 amide bonds. The zero-order chi connectivity index (χ0) is 24.1. The Kier molecular flexibility index (Phi) is 7.48. The number of halogens is 1. The summed E-state index contributed by atoms with van der Waals surface area (Å²) in [6, 6.07) is 15.9. The Morgan fingerprint density at radius 2 is 1.97 bits per heavy atom. The van der Waals surface area contributed by atoms with Crippen LogP contribution in [0.5, 0.6) is 5.75 Å². The SMILES string of the molecule is CCS(=O)(=O)c1cc(N2CCNC(CCc3ccccn3)C2)cc(-c2ccc(F)cc2)c1OC. The number of benzene rings is 2. The largest absolute Gasteiger partial charge is 0.495 e. The first-order valence-corrected chi connectivity index (χ1v) is 13.2. The van der Waals surface area contributed by atoms with Crippen molar-refractivity contribution >= 4 is 15.5 Å². The summed E-state index contributed by atoms with van der Waals surface area (Å²) < 4.78 is 45.2. The number of piperazine rings is 1. The van der Waals surface area contributed by atoms with Gasteiger partial charge in [-0.1, -0.05) is 25.1 Å². The van der Waals surface area contributed by atoms with Crippen molar-refractivity contribution in [3.8, 4) is 16.9 Å². The van der Waals surface area contributed by atoms with Gasteiger partial charge in [-0.3, -0.25) is 4.98 Å². The molecule has 1 saturated heterocycles. The summed E-state index contributed by atoms with van der Waals surface area (Å²) in [6.07, 6.45) is 3.60. The molecule has 1 unspecified atom stereocenters. The number of methoxy groups -OCH3 is 1. The molecule has 4 rings (SSSR count). The van der Waals surface area contributed by atoms with Crippen LogP contribution in [0.2, 0.25) is 0 Å². The molecule has 2 aromatic carbocycles. The lowest BCUT2D eigenvalue weighted by molar-refractivity contribution is 0.404. The lowest BCUT2D eigenvalue weighted by Gasteiger charge is -2.36. The van der Waals surface area contributed by atoms with Gasteiger partial charge in [-0.25, -0.2) is 12.8 Å². The van der Waals surface area contributed by atoms with Crippen LogP contribution >= 0.6 is 0 Å². The fraction of sp³-hybridized carbons (Fsp3) is 0.346. The third-order valence-corrected chi connectivity index (χ3v) is 7.94. The standard InChI is InChI=1S/C26H30FN3O3S/c1-3-34(31,32)25-17-23(16-24(26(25)33-2)19-7-9-20(27)10-8-19)30-15-14-29-22(18-30)12-11-21-6-4-5-13-28-21/h4-10,13,16-17,22,29H,3,11-12,14-15,18H2,1-2H3. The van der Waals surface area contributed by atoms with Gasteiger partial charge in [-0.15, -0.1) is 0 Å². The summed E-state index contributed by atoms with van der Waals surface area (Å²) in [4.78, 5) is 6.78. The third-order valence-electron chi connectivity index (χ3n) is 6.21. The Balaban J connectivity index is 1.68. The number of rotatable bonds is 8. The Hall–Kier alpha value is -2.97. The number of nitrogens with zero attached hydrogens (tertiary/aromatic N) is 2. The van der Waals surface area contributed by atoms with Crippen molar-refractivity contribution in [1.82, 2.24) is 10.3 Å². The van der Waals surface area contributed by atoms with Crippen LogP contribution in [0.25, 0.3) is 11.1 Å². The van der Waals surface area contributed by atoms with Crippen molar-refractivity contribution in [3.63, 3.8) is 0 Å². The van der Waals surface area contributed by atoms with E-state index in [0.717, 1.165) is 43.9 Å². The summed E-state index contributed by atoms with van der Waals surface area (Å²) in [7, 11) is -2.08. The summed E-state index contributed by atoms with van der Waals surface area (Å²) in [5, 5.41) is 3.57. The highest BCUT2D eigenvalue weighted by Crippen LogP contribution is 2.40. The van der Waals surface area contributed by atoms with Crippen LogP contribution in [-0.4, -0.2) is 51.9 Å². The van der Waals surface area contributed by atoms with Gasteiger partial charge in [-0.05, 0) is 54.8 Å². The predicted molar refractivity (Wildman–Crippen MR) is 133 cm³/mol. The molecule has 0 bridgehead atoms. The minimum atomic E-state index is -3.55. The highest BCUT2D eigenvalue weighted by atomic mass is 32.2. The normalized spacial score (nSPS) is 16.4. The van der Waals surface area contributed by atoms with E-state index >= 15 is 0 Å². The molecule has 3 aromatic rings. The predicted octanol–water partition coefficient (Wildman–Crippen LogP) is 4.10. The van der Waals surface area contributed by atoms with Gasteiger partial charge in [0.1, 0.15) is 16.5 Å². The summed E-state index contributed by atoms with van der Waals surface area (Å²) in [5.74, 6) is -0.0959. The molecule has 0 radical (unpaired) electrons. The van der Waals surface area contributed by atoms with Crippen LogP contribution in [0, 0.1) is 5.82 Å². The second-order valence-corrected chi connectivity index (χ2v) is 10.6. The number of pyridine rings is 1. The van der Waals surface area contributed by atoms with E-state index in [2.05, 4.69) is 15.2 Å². The van der Waals surface area contributed by atoms with E-state index in [4.69, 9.17) is 4.74 Å². The molecular formula is C26H30FN3O3S. The topological polar surface area (TPSA) is 71.5 Å². The summed E-state index contributed by atoms with van der Waals surface area (Å²) in [6.45, 7) is 3.91. The number of hydrogen-bond donors (Lipinski definition) is 1. The van der Waals surface area contributed by atoms with Crippen molar-refractivity contribution in [2.75, 3.05) is 37.4 Å². The van der Waals surface area contributed by atoms with Gasteiger partial charge in [0.25, 0.3) is 0 Å². The second-order valence-electron chi connectivity index (χ2n) is 8.39. The van der Waals surface area contributed by atoms with Crippen molar-refractivity contribution in [2.45, 2.75) is 30.7 Å². The fourth-order valence-corrected chi connectivity index (χ4v) is 5.42. The number of anilines is 1. The molecule has 180 valence electrons. The molecule has 2 heterocycles. The van der Waals surface area contributed by atoms with Crippen LogP contribution < -0.4 is 15.0 Å². The number of aryl methyl sites for hydroxylation is 1. The zero-order valence-corrected chi connectivity index (χ0v) is 20.3. The van der Waals surface area contributed by atoms with E-state index in [-0.39, 0.29) is 22.5 Å². The first-order chi connectivity index (χ1) is 16.4. The van der Waals surface area contributed by atoms with Crippen molar-refractivity contribution < 1.29 is 17.5 Å². The number of sulfone groups is 1. The van der Waals surface area contributed by atoms with Crippen molar-refractivity contribution in [2.24, 2.45) is 0 Å². The lowest BCUT2D eigenvalue weighted by Crippen LogP contribution is -2.51. The van der Waals surface area contributed by atoms with Crippen molar-refractivity contribution in [1.29, 1.82) is 0 Å². The van der Waals surface area contributed by atoms with Gasteiger partial charge in [-0.2, -0.15) is 0 Å². The van der Waals surface area contributed by atoms with Crippen LogP contribution in [0.1, 0.15) is 19.0 Å². The van der Waals surface area contributed by atoms with Crippen LogP contribution in [0.15, 0.2) is 65.7 Å². The van der Waals surface area contributed by atoms with Crippen LogP contribution in [-0.2, 0) is 16.3 Å². The molecule has 0 spiro atoms. The van der Waals surface area contributed by atoms with Gasteiger partial charge in [0, 0.05) is 48.8 Å². The second kappa shape index (κ2) is 10.5. The van der Waals surface area contributed by atoms with E-state index in [9.17, 15) is 12.8 Å². The summed E-state index contributed by atoms with van der Waals surface area (Å²) >= 11 is 0. The van der Waals surface area contributed by atoms with E-state index in [1.54, 1.807) is 31.3 Å². The number of ether oxygens (including phenoxy) is 1. The highest BCUT2D eigenvalue weighted by Gasteiger charge is 2.26. The number of nitrogens with one attached hydrogen (secondary N) is 1. The van der Waals surface area contributed by atoms with E-state index < -0.39 is 9.84 Å². The summed E-state index contributed by atoms with van der Waals surface area (Å²) in [5.41, 5.74) is 3.21. The molecule has 1 N–H and O–H groups in total. The molecule has 0 saturated carbocycles. The molecule has 1 aliphatic rings. The fourth-order valence-electron chi connectivity index (χ4n) is 4.33. The van der Waals surface area contributed by atoms with Crippen LogP contribution in [0.3, 0.4) is 0 Å². The third kappa shape index (κ3) is 5.39. The zero-order valence-electron chi connectivity index (χ0n) is 19.5. The minimum Gasteiger partial charge on any atom is -0.495 e. The average Bonchev–Trinajstić information content (AvgIpc) is 2.88. The number of hydrogen-bond acceptors (Lipinski definition) is 6. The maximum absolute atomic E-state index is 13.6. The average molecular weight is 484 g/mol. The highest BCUT2D eigenvalue weighted by molar-refractivity contribution is 7.91. The Morgan fingerprint density at radius 1 is 1.18 bits per heavy atom. The van der Waals surface area contributed by atoms with Crippen molar-refractivity contribution in [3.05, 3.63) is 72.3 Å². The number of aromatic nitrogens is 1. The maximum Gasteiger partial charge on any atom is 0.181 e. The van der Waals surface area contributed by atoms with Gasteiger partial charge in [0.15, 0.2) is 9.84 Å². The minimum absolute atomic E-state index is 0.0378. The Morgan fingerprint density at radius 3 is 2.65 bits per heavy atom. The molecule has 1 aliphatic heterocycles. The van der Waals surface area contributed by atoms with Crippen LogP contribution in [0.4, 0.5) is 10.1 Å². The molecule has 1 atom stereocenters. The van der Waals surface area contributed by atoms with Gasteiger partial charge in [0.2, 0.25) is 0 Å². The first-order valence-electron chi connectivity index (χ1n) is 11.5. The first kappa shape index (κ1) is 24.2. The molecule has 8 heteroatoms. The Labute approximate surface area is 200 Å². The molecule has 0 aliphatic carbocycles. The lowest BCUT2D eigenvalue weighted by atomic mass is 10.0.